The normalized spacial score (nSPS) is 16.7. The molecule has 0 rings (SSSR count). The second-order valence-corrected chi connectivity index (χ2v) is 19.5. The summed E-state index contributed by atoms with van der Waals surface area (Å²) in [5, 5.41) is -0.0790. The van der Waals surface area contributed by atoms with Crippen LogP contribution in [0.5, 0.6) is 0 Å². The van der Waals surface area contributed by atoms with Gasteiger partial charge in [-0.2, -0.15) is 0 Å². The molecule has 1 atom stereocenters. The topological polar surface area (TPSA) is 18.5 Å². The fraction of sp³-hybridized carbons (Fsp3) is 1.00. The van der Waals surface area contributed by atoms with E-state index in [2.05, 4.69) is 60.1 Å². The highest BCUT2D eigenvalue weighted by Gasteiger charge is 2.48. The molecule has 0 aromatic rings. The van der Waals surface area contributed by atoms with Gasteiger partial charge < -0.3 is 8.85 Å². The Hall–Kier alpha value is 0.571. The molecule has 0 fully saturated rings. The third-order valence-corrected chi connectivity index (χ3v) is 12.5. The monoisotopic (exact) mass is 319 g/mol. The quantitative estimate of drug-likeness (QED) is 0.566. The summed E-state index contributed by atoms with van der Waals surface area (Å²) in [7, 11) is -3.70. The van der Waals surface area contributed by atoms with Gasteiger partial charge in [0.25, 0.3) is 0 Å². The average molecular weight is 320 g/mol. The summed E-state index contributed by atoms with van der Waals surface area (Å²) in [5.74, 6) is 0. The zero-order valence-corrected chi connectivity index (χ0v) is 17.6. The van der Waals surface area contributed by atoms with Gasteiger partial charge in [0.15, 0.2) is 8.32 Å². The molecule has 115 valence electrons. The van der Waals surface area contributed by atoms with E-state index in [1.165, 1.54) is 18.9 Å². The molecule has 0 amide bonds. The molecule has 0 spiro atoms. The van der Waals surface area contributed by atoms with Crippen LogP contribution in [0.25, 0.3) is 0 Å². The lowest BCUT2D eigenvalue weighted by Crippen LogP contribution is -2.61. The van der Waals surface area contributed by atoms with Gasteiger partial charge in [-0.3, -0.25) is 0 Å². The molecule has 0 heterocycles. The van der Waals surface area contributed by atoms with E-state index in [1.807, 2.05) is 0 Å². The first-order valence-electron chi connectivity index (χ1n) is 7.57. The Labute approximate surface area is 125 Å². The molecular formula is C14H35O2Si3. The minimum atomic E-state index is -1.84. The number of hydrogen-bond acceptors (Lipinski definition) is 2. The fourth-order valence-electron chi connectivity index (χ4n) is 2.14. The molecule has 0 saturated heterocycles. The summed E-state index contributed by atoms with van der Waals surface area (Å²) >= 11 is 0. The van der Waals surface area contributed by atoms with Crippen molar-refractivity contribution in [2.45, 2.75) is 84.2 Å². The largest absolute Gasteiger partial charge is 0.454 e. The Bertz CT molecular complexity index is 262. The van der Waals surface area contributed by atoms with E-state index in [-0.39, 0.29) is 14.0 Å². The zero-order chi connectivity index (χ0) is 15.3. The third kappa shape index (κ3) is 7.22. The van der Waals surface area contributed by atoms with Gasteiger partial charge in [0.2, 0.25) is 8.32 Å². The Morgan fingerprint density at radius 2 is 1.58 bits per heavy atom. The highest BCUT2D eigenvalue weighted by Crippen LogP contribution is 2.33. The Balaban J connectivity index is 4.98. The van der Waals surface area contributed by atoms with E-state index in [1.54, 1.807) is 0 Å². The second-order valence-electron chi connectivity index (χ2n) is 7.55. The first-order valence-corrected chi connectivity index (χ1v) is 16.3. The third-order valence-electron chi connectivity index (χ3n) is 3.53. The molecular weight excluding hydrogens is 284 g/mol. The van der Waals surface area contributed by atoms with Crippen molar-refractivity contribution >= 4 is 25.4 Å². The van der Waals surface area contributed by atoms with Gasteiger partial charge in [0.05, 0.1) is 14.0 Å². The van der Waals surface area contributed by atoms with Crippen LogP contribution in [0.3, 0.4) is 0 Å². The van der Waals surface area contributed by atoms with Crippen molar-refractivity contribution in [1.82, 2.24) is 0 Å². The summed E-state index contributed by atoms with van der Waals surface area (Å²) in [6, 6.07) is 1.22. The molecule has 0 aliphatic heterocycles. The van der Waals surface area contributed by atoms with Crippen LogP contribution in [0, 0.1) is 0 Å². The molecule has 0 aliphatic carbocycles. The maximum absolute atomic E-state index is 6.69. The zero-order valence-electron chi connectivity index (χ0n) is 14.6. The van der Waals surface area contributed by atoms with E-state index < -0.39 is 16.6 Å². The van der Waals surface area contributed by atoms with Crippen molar-refractivity contribution in [3.63, 3.8) is 0 Å². The summed E-state index contributed by atoms with van der Waals surface area (Å²) in [4.78, 5) is 0. The highest BCUT2D eigenvalue weighted by molar-refractivity contribution is 6.86. The molecule has 2 nitrogen and oxygen atoms in total. The van der Waals surface area contributed by atoms with Crippen LogP contribution in [0.4, 0.5) is 0 Å². The smallest absolute Gasteiger partial charge is 0.208 e. The first-order chi connectivity index (χ1) is 8.43. The fourth-order valence-corrected chi connectivity index (χ4v) is 11.7. The van der Waals surface area contributed by atoms with E-state index in [9.17, 15) is 0 Å². The molecule has 1 unspecified atom stereocenters. The maximum atomic E-state index is 6.69. The SMILES string of the molecule is CCCC[Si](C)(O[Si](C)(C)C)C(C)(C)OC[Si](C)C. The van der Waals surface area contributed by atoms with Crippen LogP contribution in [-0.2, 0) is 8.85 Å². The number of rotatable bonds is 9. The lowest BCUT2D eigenvalue weighted by atomic mass is 10.4. The second kappa shape index (κ2) is 7.54. The van der Waals surface area contributed by atoms with Crippen molar-refractivity contribution in [1.29, 1.82) is 0 Å². The van der Waals surface area contributed by atoms with Crippen molar-refractivity contribution in [3.05, 3.63) is 0 Å². The Morgan fingerprint density at radius 3 is 1.95 bits per heavy atom. The van der Waals surface area contributed by atoms with E-state index >= 15 is 0 Å². The van der Waals surface area contributed by atoms with E-state index in [0.717, 1.165) is 6.23 Å². The van der Waals surface area contributed by atoms with Gasteiger partial charge in [-0.05, 0) is 46.1 Å². The summed E-state index contributed by atoms with van der Waals surface area (Å²) in [5.41, 5.74) is 0. The lowest BCUT2D eigenvalue weighted by Gasteiger charge is -2.45. The molecule has 0 bridgehead atoms. The summed E-state index contributed by atoms with van der Waals surface area (Å²) in [6.07, 6.45) is 3.43. The van der Waals surface area contributed by atoms with Crippen LogP contribution in [0.1, 0.15) is 33.6 Å². The van der Waals surface area contributed by atoms with Crippen LogP contribution < -0.4 is 0 Å². The van der Waals surface area contributed by atoms with Crippen molar-refractivity contribution in [3.8, 4) is 0 Å². The predicted molar refractivity (Wildman–Crippen MR) is 93.3 cm³/mol. The molecule has 0 N–H and O–H groups in total. The molecule has 0 aromatic heterocycles. The van der Waals surface area contributed by atoms with E-state index in [0.29, 0.717) is 0 Å². The van der Waals surface area contributed by atoms with Crippen LogP contribution in [-0.4, -0.2) is 36.9 Å². The molecule has 0 aliphatic rings. The minimum Gasteiger partial charge on any atom is -0.454 e. The number of unbranched alkanes of at least 4 members (excludes halogenated alkanes) is 1. The maximum Gasteiger partial charge on any atom is 0.208 e. The Kier molecular flexibility index (Phi) is 7.77. The van der Waals surface area contributed by atoms with Crippen molar-refractivity contribution < 1.29 is 8.85 Å². The number of hydrogen-bond donors (Lipinski definition) is 0. The summed E-state index contributed by atoms with van der Waals surface area (Å²) < 4.78 is 13.0. The number of ether oxygens (including phenoxy) is 1. The molecule has 1 radical (unpaired) electrons. The van der Waals surface area contributed by atoms with Gasteiger partial charge in [-0.25, -0.2) is 0 Å². The first kappa shape index (κ1) is 19.6. The van der Waals surface area contributed by atoms with Crippen LogP contribution >= 0.6 is 0 Å². The standard InChI is InChI=1S/C14H35O2Si3/c1-10-11-12-19(9,16-18(6,7)8)14(2,3)15-13-17(4)5/h10-13H2,1-9H3. The van der Waals surface area contributed by atoms with Gasteiger partial charge >= 0.3 is 0 Å². The molecule has 19 heavy (non-hydrogen) atoms. The van der Waals surface area contributed by atoms with Crippen molar-refractivity contribution in [2.75, 3.05) is 6.23 Å². The molecule has 0 aromatic carbocycles. The minimum absolute atomic E-state index is 0.0790. The van der Waals surface area contributed by atoms with Crippen LogP contribution in [0.15, 0.2) is 0 Å². The molecule has 5 heteroatoms. The van der Waals surface area contributed by atoms with E-state index in [4.69, 9.17) is 8.85 Å². The molecule has 0 saturated carbocycles. The average Bonchev–Trinajstić information content (AvgIpc) is 2.21. The van der Waals surface area contributed by atoms with Crippen LogP contribution in [0.2, 0.25) is 45.3 Å². The lowest BCUT2D eigenvalue weighted by molar-refractivity contribution is 0.0544. The van der Waals surface area contributed by atoms with Gasteiger partial charge in [0.1, 0.15) is 0 Å². The van der Waals surface area contributed by atoms with Gasteiger partial charge in [-0.15, -0.1) is 0 Å². The summed E-state index contributed by atoms with van der Waals surface area (Å²) in [6.45, 7) is 20.7. The Morgan fingerprint density at radius 1 is 1.05 bits per heavy atom. The van der Waals surface area contributed by atoms with Crippen molar-refractivity contribution in [2.24, 2.45) is 0 Å². The van der Waals surface area contributed by atoms with Gasteiger partial charge in [-0.1, -0.05) is 32.9 Å². The predicted octanol–water partition coefficient (Wildman–Crippen LogP) is 4.84. The highest BCUT2D eigenvalue weighted by atomic mass is 28.4. The van der Waals surface area contributed by atoms with Gasteiger partial charge in [0, 0.05) is 6.23 Å².